The quantitative estimate of drug-likeness (QED) is 0.558. The van der Waals surface area contributed by atoms with Gasteiger partial charge in [0.15, 0.2) is 0 Å². The Morgan fingerprint density at radius 1 is 1.67 bits per heavy atom. The maximum Gasteiger partial charge on any atom is 0.148 e. The predicted molar refractivity (Wildman–Crippen MR) is 37.2 cm³/mol. The summed E-state index contributed by atoms with van der Waals surface area (Å²) in [6, 6.07) is -0.106. The van der Waals surface area contributed by atoms with Crippen molar-refractivity contribution in [2.24, 2.45) is 5.73 Å². The van der Waals surface area contributed by atoms with E-state index in [-0.39, 0.29) is 11.8 Å². The number of carbonyl (C=O) groups is 1. The molecule has 54 valence electrons. The Morgan fingerprint density at radius 3 is 2.11 bits per heavy atom. The van der Waals surface area contributed by atoms with Gasteiger partial charge in [0.25, 0.3) is 0 Å². The molecule has 0 saturated carbocycles. The van der Waals surface area contributed by atoms with Gasteiger partial charge in [-0.1, -0.05) is 0 Å². The third-order valence-electron chi connectivity index (χ3n) is 1.32. The first-order valence-corrected chi connectivity index (χ1v) is 2.96. The highest BCUT2D eigenvalue weighted by atomic mass is 16.1. The van der Waals surface area contributed by atoms with Gasteiger partial charge >= 0.3 is 0 Å². The highest BCUT2D eigenvalue weighted by molar-refractivity contribution is 5.81. The lowest BCUT2D eigenvalue weighted by Crippen LogP contribution is -2.40. The van der Waals surface area contributed by atoms with Crippen molar-refractivity contribution in [1.29, 1.82) is 0 Å². The maximum absolute atomic E-state index is 10.7. The van der Waals surface area contributed by atoms with Crippen LogP contribution in [-0.2, 0) is 4.79 Å². The van der Waals surface area contributed by atoms with Gasteiger partial charge in [-0.05, 0) is 21.0 Å². The largest absolute Gasteiger partial charge is 0.328 e. The van der Waals surface area contributed by atoms with Gasteiger partial charge < -0.3 is 5.73 Å². The molecule has 0 bridgehead atoms. The van der Waals surface area contributed by atoms with Crippen molar-refractivity contribution in [3.05, 3.63) is 0 Å². The molecule has 0 aliphatic carbocycles. The average Bonchev–Trinajstić information content (AvgIpc) is 1.64. The minimum atomic E-state index is -0.106. The molecule has 0 aromatic rings. The van der Waals surface area contributed by atoms with E-state index < -0.39 is 0 Å². The number of ketones is 1. The van der Waals surface area contributed by atoms with Crippen LogP contribution in [0.15, 0.2) is 0 Å². The molecule has 3 heteroatoms. The van der Waals surface area contributed by atoms with Crippen LogP contribution < -0.4 is 5.73 Å². The molecule has 0 amide bonds. The van der Waals surface area contributed by atoms with E-state index in [1.165, 1.54) is 0 Å². The average molecular weight is 130 g/mol. The van der Waals surface area contributed by atoms with Crippen molar-refractivity contribution in [2.45, 2.75) is 13.0 Å². The molecule has 0 aliphatic rings. The first-order valence-electron chi connectivity index (χ1n) is 2.96. The lowest BCUT2D eigenvalue weighted by molar-refractivity contribution is -0.120. The first-order chi connectivity index (χ1) is 4.09. The highest BCUT2D eigenvalue weighted by Gasteiger charge is 2.12. The molecule has 2 N–H and O–H groups in total. The summed E-state index contributed by atoms with van der Waals surface area (Å²) in [6.07, 6.45) is 0. The highest BCUT2D eigenvalue weighted by Crippen LogP contribution is 1.90. The van der Waals surface area contributed by atoms with Gasteiger partial charge in [-0.2, -0.15) is 0 Å². The summed E-state index contributed by atoms with van der Waals surface area (Å²) in [7, 11) is 3.69. The second-order valence-corrected chi connectivity index (χ2v) is 2.33. The van der Waals surface area contributed by atoms with Crippen LogP contribution in [0.3, 0.4) is 0 Å². The second kappa shape index (κ2) is 3.58. The minimum Gasteiger partial charge on any atom is -0.328 e. The second-order valence-electron chi connectivity index (χ2n) is 2.33. The number of nitrogens with zero attached hydrogens (tertiary/aromatic N) is 1. The van der Waals surface area contributed by atoms with Crippen molar-refractivity contribution in [3.8, 4) is 0 Å². The molecule has 0 spiro atoms. The van der Waals surface area contributed by atoms with E-state index in [0.717, 1.165) is 0 Å². The number of rotatable bonds is 3. The van der Waals surface area contributed by atoms with E-state index in [1.54, 1.807) is 6.92 Å². The molecule has 1 atom stereocenters. The van der Waals surface area contributed by atoms with Crippen molar-refractivity contribution in [2.75, 3.05) is 20.6 Å². The summed E-state index contributed by atoms with van der Waals surface area (Å²) in [5, 5.41) is 0. The van der Waals surface area contributed by atoms with Gasteiger partial charge in [-0.25, -0.2) is 0 Å². The van der Waals surface area contributed by atoms with E-state index in [9.17, 15) is 4.79 Å². The molecule has 0 saturated heterocycles. The normalized spacial score (nSPS) is 13.9. The first kappa shape index (κ1) is 8.59. The van der Waals surface area contributed by atoms with Crippen LogP contribution in [0.1, 0.15) is 6.92 Å². The van der Waals surface area contributed by atoms with Crippen LogP contribution in [0, 0.1) is 0 Å². The number of likely N-dealkylation sites (N-methyl/N-ethyl adjacent to an activating group) is 1. The lowest BCUT2D eigenvalue weighted by Gasteiger charge is -2.18. The molecule has 0 aromatic heterocycles. The van der Waals surface area contributed by atoms with Crippen molar-refractivity contribution < 1.29 is 4.79 Å². The Morgan fingerprint density at radius 2 is 2.11 bits per heavy atom. The third kappa shape index (κ3) is 2.58. The van der Waals surface area contributed by atoms with Gasteiger partial charge in [0, 0.05) is 6.54 Å². The molecule has 0 unspecified atom stereocenters. The van der Waals surface area contributed by atoms with Crippen LogP contribution in [-0.4, -0.2) is 37.4 Å². The fourth-order valence-electron chi connectivity index (χ4n) is 0.740. The van der Waals surface area contributed by atoms with E-state index in [0.29, 0.717) is 6.54 Å². The monoisotopic (exact) mass is 130 g/mol. The maximum atomic E-state index is 10.7. The van der Waals surface area contributed by atoms with E-state index in [2.05, 4.69) is 0 Å². The number of nitrogens with two attached hydrogens (primary N) is 1. The summed E-state index contributed by atoms with van der Waals surface area (Å²) in [5.74, 6) is 0.127. The van der Waals surface area contributed by atoms with Crippen molar-refractivity contribution in [3.63, 3.8) is 0 Å². The predicted octanol–water partition coefficient (Wildman–Crippen LogP) is -0.536. The Hall–Kier alpha value is -0.410. The van der Waals surface area contributed by atoms with E-state index >= 15 is 0 Å². The summed E-state index contributed by atoms with van der Waals surface area (Å²) in [4.78, 5) is 12.5. The zero-order valence-electron chi connectivity index (χ0n) is 6.22. The zero-order valence-corrected chi connectivity index (χ0v) is 6.22. The van der Waals surface area contributed by atoms with E-state index in [4.69, 9.17) is 5.73 Å². The molecule has 3 nitrogen and oxygen atoms in total. The number of Topliss-reactive ketones (excluding diaryl/α,β-unsaturated/α-hetero) is 1. The van der Waals surface area contributed by atoms with Crippen molar-refractivity contribution >= 4 is 5.78 Å². The molecular formula is C6H14N2O. The minimum absolute atomic E-state index is 0.106. The van der Waals surface area contributed by atoms with Crippen LogP contribution in [0.4, 0.5) is 0 Å². The van der Waals surface area contributed by atoms with Gasteiger partial charge in [0.2, 0.25) is 0 Å². The SMILES string of the molecule is CC(=O)[C@@H](CN)N(C)C. The van der Waals surface area contributed by atoms with Crippen molar-refractivity contribution in [1.82, 2.24) is 4.90 Å². The topological polar surface area (TPSA) is 46.3 Å². The third-order valence-corrected chi connectivity index (χ3v) is 1.32. The van der Waals surface area contributed by atoms with Crippen LogP contribution >= 0.6 is 0 Å². The number of carbonyl (C=O) groups excluding carboxylic acids is 1. The molecule has 0 aliphatic heterocycles. The Kier molecular flexibility index (Phi) is 3.42. The molecular weight excluding hydrogens is 116 g/mol. The standard InChI is InChI=1S/C6H14N2O/c1-5(9)6(4-7)8(2)3/h6H,4,7H2,1-3H3/t6-/m1/s1. The Balaban J connectivity index is 3.83. The summed E-state index contributed by atoms with van der Waals surface area (Å²) in [5.41, 5.74) is 5.31. The summed E-state index contributed by atoms with van der Waals surface area (Å²) in [6.45, 7) is 1.96. The smallest absolute Gasteiger partial charge is 0.148 e. The molecule has 0 radical (unpaired) electrons. The molecule has 0 rings (SSSR count). The van der Waals surface area contributed by atoms with E-state index in [1.807, 2.05) is 19.0 Å². The zero-order chi connectivity index (χ0) is 7.44. The summed E-state index contributed by atoms with van der Waals surface area (Å²) >= 11 is 0. The molecule has 0 fully saturated rings. The van der Waals surface area contributed by atoms with Gasteiger partial charge in [0.1, 0.15) is 5.78 Å². The summed E-state index contributed by atoms with van der Waals surface area (Å²) < 4.78 is 0. The molecule has 0 aromatic carbocycles. The van der Waals surface area contributed by atoms with Gasteiger partial charge in [0.05, 0.1) is 6.04 Å². The fraction of sp³-hybridized carbons (Fsp3) is 0.833. The molecule has 9 heavy (non-hydrogen) atoms. The fourth-order valence-corrected chi connectivity index (χ4v) is 0.740. The Labute approximate surface area is 55.8 Å². The van der Waals surface area contributed by atoms with Gasteiger partial charge in [-0.3, -0.25) is 9.69 Å². The lowest BCUT2D eigenvalue weighted by atomic mass is 10.2. The number of hydrogen-bond donors (Lipinski definition) is 1. The van der Waals surface area contributed by atoms with Crippen LogP contribution in [0.2, 0.25) is 0 Å². The van der Waals surface area contributed by atoms with Gasteiger partial charge in [-0.15, -0.1) is 0 Å². The van der Waals surface area contributed by atoms with Crippen LogP contribution in [0.25, 0.3) is 0 Å². The number of hydrogen-bond acceptors (Lipinski definition) is 3. The Bertz CT molecular complexity index is 101. The molecule has 0 heterocycles. The van der Waals surface area contributed by atoms with Crippen LogP contribution in [0.5, 0.6) is 0 Å².